The van der Waals surface area contributed by atoms with Gasteiger partial charge in [0.2, 0.25) is 5.88 Å². The number of aryl methyl sites for hydroxylation is 1. The highest BCUT2D eigenvalue weighted by Crippen LogP contribution is 2.24. The molecule has 0 N–H and O–H groups in total. The predicted octanol–water partition coefficient (Wildman–Crippen LogP) is 1.55. The number of nitrogens with zero attached hydrogens (tertiary/aromatic N) is 3. The summed E-state index contributed by atoms with van der Waals surface area (Å²) in [6, 6.07) is 0. The minimum atomic E-state index is 0.0263. The number of likely N-dealkylation sites (tertiary alicyclic amines) is 1. The molecule has 2 heterocycles. The molecule has 2 rings (SSSR count). The molecule has 1 aliphatic heterocycles. The molecular weight excluding hydrogens is 230 g/mol. The van der Waals surface area contributed by atoms with Crippen LogP contribution in [0.5, 0.6) is 5.88 Å². The van der Waals surface area contributed by atoms with Crippen LogP contribution in [-0.2, 0) is 7.05 Å². The molecule has 0 aromatic carbocycles. The molecule has 1 aliphatic rings. The van der Waals surface area contributed by atoms with Crippen LogP contribution in [-0.4, -0.2) is 40.8 Å². The molecule has 0 unspecified atom stereocenters. The second kappa shape index (κ2) is 5.00. The van der Waals surface area contributed by atoms with Gasteiger partial charge in [-0.05, 0) is 18.3 Å². The quantitative estimate of drug-likeness (QED) is 0.801. The monoisotopic (exact) mass is 251 g/mol. The van der Waals surface area contributed by atoms with Gasteiger partial charge in [-0.15, -0.1) is 5.10 Å². The number of hydrogen-bond donors (Lipinski definition) is 0. The third-order valence-corrected chi connectivity index (χ3v) is 3.37. The van der Waals surface area contributed by atoms with Crippen LogP contribution in [0.3, 0.4) is 0 Å². The highest BCUT2D eigenvalue weighted by atomic mass is 16.5. The summed E-state index contributed by atoms with van der Waals surface area (Å²) in [6.07, 6.45) is 2.92. The van der Waals surface area contributed by atoms with Gasteiger partial charge in [0.15, 0.2) is 0 Å². The van der Waals surface area contributed by atoms with Crippen LogP contribution in [0.15, 0.2) is 6.20 Å². The number of methoxy groups -OCH3 is 1. The standard InChI is InChI=1S/C13H21N3O2/c1-9-5-10(2)7-16(6-9)13(17)11-8-15(3)14-12(11)18-4/h8-10H,5-7H2,1-4H3/t9-,10-/m1/s1. The van der Waals surface area contributed by atoms with Gasteiger partial charge in [0.05, 0.1) is 7.11 Å². The summed E-state index contributed by atoms with van der Waals surface area (Å²) in [6.45, 7) is 6.02. The predicted molar refractivity (Wildman–Crippen MR) is 68.6 cm³/mol. The van der Waals surface area contributed by atoms with Gasteiger partial charge in [0.1, 0.15) is 5.56 Å². The average molecular weight is 251 g/mol. The largest absolute Gasteiger partial charge is 0.479 e. The lowest BCUT2D eigenvalue weighted by Crippen LogP contribution is -2.42. The molecule has 5 nitrogen and oxygen atoms in total. The zero-order valence-electron chi connectivity index (χ0n) is 11.5. The Hall–Kier alpha value is -1.52. The topological polar surface area (TPSA) is 47.4 Å². The minimum absolute atomic E-state index is 0.0263. The van der Waals surface area contributed by atoms with E-state index in [-0.39, 0.29) is 5.91 Å². The van der Waals surface area contributed by atoms with Gasteiger partial charge >= 0.3 is 0 Å². The molecule has 2 atom stereocenters. The van der Waals surface area contributed by atoms with Gasteiger partial charge in [0, 0.05) is 26.3 Å². The van der Waals surface area contributed by atoms with E-state index in [1.54, 1.807) is 25.0 Å². The Morgan fingerprint density at radius 1 is 1.39 bits per heavy atom. The summed E-state index contributed by atoms with van der Waals surface area (Å²) in [5.74, 6) is 1.55. The van der Waals surface area contributed by atoms with Crippen LogP contribution in [0.2, 0.25) is 0 Å². The summed E-state index contributed by atoms with van der Waals surface area (Å²) < 4.78 is 6.77. The molecular formula is C13H21N3O2. The smallest absolute Gasteiger partial charge is 0.260 e. The van der Waals surface area contributed by atoms with Crippen molar-refractivity contribution in [1.82, 2.24) is 14.7 Å². The first kappa shape index (κ1) is 12.9. The lowest BCUT2D eigenvalue weighted by atomic mass is 9.91. The van der Waals surface area contributed by atoms with E-state index >= 15 is 0 Å². The van der Waals surface area contributed by atoms with Gasteiger partial charge in [-0.25, -0.2) is 0 Å². The van der Waals surface area contributed by atoms with Crippen molar-refractivity contribution in [3.63, 3.8) is 0 Å². The maximum Gasteiger partial charge on any atom is 0.260 e. The first-order valence-corrected chi connectivity index (χ1v) is 6.38. The molecule has 1 fully saturated rings. The Balaban J connectivity index is 2.19. The summed E-state index contributed by atoms with van der Waals surface area (Å²) >= 11 is 0. The maximum atomic E-state index is 12.5. The van der Waals surface area contributed by atoms with E-state index in [0.29, 0.717) is 23.3 Å². The van der Waals surface area contributed by atoms with Crippen molar-refractivity contribution >= 4 is 5.91 Å². The van der Waals surface area contributed by atoms with Gasteiger partial charge in [-0.3, -0.25) is 9.48 Å². The second-order valence-electron chi connectivity index (χ2n) is 5.38. The molecule has 0 saturated carbocycles. The van der Waals surface area contributed by atoms with E-state index in [0.717, 1.165) is 13.1 Å². The maximum absolute atomic E-state index is 12.5. The number of ether oxygens (including phenoxy) is 1. The van der Waals surface area contributed by atoms with Crippen molar-refractivity contribution in [1.29, 1.82) is 0 Å². The number of piperidine rings is 1. The second-order valence-corrected chi connectivity index (χ2v) is 5.38. The first-order valence-electron chi connectivity index (χ1n) is 6.38. The van der Waals surface area contributed by atoms with E-state index in [2.05, 4.69) is 18.9 Å². The Morgan fingerprint density at radius 2 is 2.00 bits per heavy atom. The summed E-state index contributed by atoms with van der Waals surface area (Å²) in [4.78, 5) is 14.4. The molecule has 1 aromatic rings. The first-order chi connectivity index (χ1) is 8.51. The average Bonchev–Trinajstić information content (AvgIpc) is 2.68. The van der Waals surface area contributed by atoms with Crippen molar-refractivity contribution in [2.45, 2.75) is 20.3 Å². The number of hydrogen-bond acceptors (Lipinski definition) is 3. The zero-order valence-corrected chi connectivity index (χ0v) is 11.5. The van der Waals surface area contributed by atoms with E-state index in [9.17, 15) is 4.79 Å². The fourth-order valence-corrected chi connectivity index (χ4v) is 2.76. The van der Waals surface area contributed by atoms with Gasteiger partial charge in [-0.1, -0.05) is 13.8 Å². The number of rotatable bonds is 2. The van der Waals surface area contributed by atoms with Crippen LogP contribution >= 0.6 is 0 Å². The Morgan fingerprint density at radius 3 is 2.56 bits per heavy atom. The zero-order chi connectivity index (χ0) is 13.3. The third kappa shape index (κ3) is 2.49. The Bertz CT molecular complexity index is 431. The minimum Gasteiger partial charge on any atom is -0.479 e. The lowest BCUT2D eigenvalue weighted by Gasteiger charge is -2.34. The van der Waals surface area contributed by atoms with E-state index in [1.165, 1.54) is 6.42 Å². The van der Waals surface area contributed by atoms with Crippen molar-refractivity contribution in [2.24, 2.45) is 18.9 Å². The molecule has 5 heteroatoms. The molecule has 100 valence electrons. The molecule has 1 amide bonds. The van der Waals surface area contributed by atoms with Crippen LogP contribution in [0.1, 0.15) is 30.6 Å². The summed E-state index contributed by atoms with van der Waals surface area (Å²) in [5, 5.41) is 4.13. The van der Waals surface area contributed by atoms with E-state index in [4.69, 9.17) is 4.74 Å². The number of amides is 1. The Kier molecular flexibility index (Phi) is 3.59. The Labute approximate surface area is 108 Å². The molecule has 0 aliphatic carbocycles. The molecule has 0 radical (unpaired) electrons. The van der Waals surface area contributed by atoms with Crippen LogP contribution in [0, 0.1) is 11.8 Å². The number of carbonyl (C=O) groups is 1. The number of aromatic nitrogens is 2. The van der Waals surface area contributed by atoms with Crippen molar-refractivity contribution in [3.05, 3.63) is 11.8 Å². The van der Waals surface area contributed by atoms with Crippen molar-refractivity contribution in [2.75, 3.05) is 20.2 Å². The van der Waals surface area contributed by atoms with Crippen molar-refractivity contribution < 1.29 is 9.53 Å². The summed E-state index contributed by atoms with van der Waals surface area (Å²) in [5.41, 5.74) is 0.557. The molecule has 1 saturated heterocycles. The molecule has 0 spiro atoms. The molecule has 1 aromatic heterocycles. The van der Waals surface area contributed by atoms with Gasteiger partial charge in [-0.2, -0.15) is 0 Å². The van der Waals surface area contributed by atoms with Crippen LogP contribution < -0.4 is 4.74 Å². The highest BCUT2D eigenvalue weighted by molar-refractivity contribution is 5.96. The lowest BCUT2D eigenvalue weighted by molar-refractivity contribution is 0.0620. The molecule has 18 heavy (non-hydrogen) atoms. The molecule has 0 bridgehead atoms. The van der Waals surface area contributed by atoms with Crippen molar-refractivity contribution in [3.8, 4) is 5.88 Å². The summed E-state index contributed by atoms with van der Waals surface area (Å²) in [7, 11) is 3.33. The fourth-order valence-electron chi connectivity index (χ4n) is 2.76. The number of carbonyl (C=O) groups excluding carboxylic acids is 1. The van der Waals surface area contributed by atoms with Gasteiger partial charge in [0.25, 0.3) is 5.91 Å². The van der Waals surface area contributed by atoms with Crippen LogP contribution in [0.4, 0.5) is 0 Å². The van der Waals surface area contributed by atoms with E-state index < -0.39 is 0 Å². The normalized spacial score (nSPS) is 24.1. The van der Waals surface area contributed by atoms with Crippen LogP contribution in [0.25, 0.3) is 0 Å². The van der Waals surface area contributed by atoms with Gasteiger partial charge < -0.3 is 9.64 Å². The van der Waals surface area contributed by atoms with E-state index in [1.807, 2.05) is 4.90 Å². The fraction of sp³-hybridized carbons (Fsp3) is 0.692. The highest BCUT2D eigenvalue weighted by Gasteiger charge is 2.28. The third-order valence-electron chi connectivity index (χ3n) is 3.37. The SMILES string of the molecule is COc1nn(C)cc1C(=O)N1C[C@H](C)C[C@@H](C)C1.